The Hall–Kier alpha value is -2.60. The number of carboxylic acids is 1. The van der Waals surface area contributed by atoms with Crippen LogP contribution in [0.1, 0.15) is 187 Å². The second-order valence-corrected chi connectivity index (χ2v) is 16.8. The molecule has 0 bridgehead atoms. The minimum Gasteiger partial charge on any atom is -0.480 e. The molecule has 0 amide bonds. The van der Waals surface area contributed by atoms with Gasteiger partial charge in [0.2, 0.25) is 0 Å². The monoisotopic (exact) mass is 856 g/mol. The van der Waals surface area contributed by atoms with Crippen LogP contribution in [0, 0.1) is 0 Å². The van der Waals surface area contributed by atoms with Crippen molar-refractivity contribution in [3.63, 3.8) is 0 Å². The predicted octanol–water partition coefficient (Wildman–Crippen LogP) is 11.1. The molecule has 12 nitrogen and oxygen atoms in total. The number of phosphoric acid groups is 1. The Morgan fingerprint density at radius 2 is 1.03 bits per heavy atom. The van der Waals surface area contributed by atoms with Gasteiger partial charge in [-0.3, -0.25) is 23.4 Å². The van der Waals surface area contributed by atoms with Crippen LogP contribution in [0.2, 0.25) is 0 Å². The van der Waals surface area contributed by atoms with Gasteiger partial charge in [0.15, 0.2) is 6.10 Å². The van der Waals surface area contributed by atoms with Gasteiger partial charge < -0.3 is 30.3 Å². The summed E-state index contributed by atoms with van der Waals surface area (Å²) in [7, 11) is -4.74. The Bertz CT molecular complexity index is 1210. The molecule has 0 aliphatic carbocycles. The first-order chi connectivity index (χ1) is 28.5. The second kappa shape index (κ2) is 40.8. The van der Waals surface area contributed by atoms with Crippen molar-refractivity contribution in [3.8, 4) is 0 Å². The molecule has 0 aromatic heterocycles. The summed E-state index contributed by atoms with van der Waals surface area (Å²) in [5.41, 5.74) is 5.33. The van der Waals surface area contributed by atoms with Crippen molar-refractivity contribution in [3.05, 3.63) is 48.6 Å². The molecule has 0 radical (unpaired) electrons. The van der Waals surface area contributed by atoms with Crippen molar-refractivity contribution in [2.45, 2.75) is 205 Å². The molecule has 0 saturated carbocycles. The molecule has 342 valence electrons. The lowest BCUT2D eigenvalue weighted by Gasteiger charge is -2.20. The van der Waals surface area contributed by atoms with Gasteiger partial charge in [-0.25, -0.2) is 4.57 Å². The summed E-state index contributed by atoms with van der Waals surface area (Å²) in [6.45, 7) is 2.47. The first kappa shape index (κ1) is 56.4. The largest absolute Gasteiger partial charge is 0.480 e. The Morgan fingerprint density at radius 3 is 1.53 bits per heavy atom. The zero-order valence-electron chi connectivity index (χ0n) is 36.7. The molecule has 0 aromatic carbocycles. The van der Waals surface area contributed by atoms with E-state index in [0.29, 0.717) is 19.3 Å². The fourth-order valence-corrected chi connectivity index (χ4v) is 6.76. The maximum atomic E-state index is 12.6. The molecule has 0 fully saturated rings. The molecule has 0 aliphatic rings. The van der Waals surface area contributed by atoms with Gasteiger partial charge >= 0.3 is 25.7 Å². The van der Waals surface area contributed by atoms with Crippen LogP contribution in [-0.4, -0.2) is 71.1 Å². The van der Waals surface area contributed by atoms with Crippen LogP contribution < -0.4 is 5.73 Å². The van der Waals surface area contributed by atoms with Crippen LogP contribution in [0.15, 0.2) is 48.6 Å². The van der Waals surface area contributed by atoms with Crippen molar-refractivity contribution in [1.82, 2.24) is 0 Å². The van der Waals surface area contributed by atoms with Crippen LogP contribution in [0.5, 0.6) is 0 Å². The zero-order chi connectivity index (χ0) is 43.7. The number of allylic oxidation sites excluding steroid dienone is 8. The summed E-state index contributed by atoms with van der Waals surface area (Å²) in [5, 5.41) is 18.5. The van der Waals surface area contributed by atoms with Crippen LogP contribution in [0.25, 0.3) is 0 Å². The first-order valence-corrected chi connectivity index (χ1v) is 24.2. The summed E-state index contributed by atoms with van der Waals surface area (Å²) >= 11 is 0. The Morgan fingerprint density at radius 1 is 0.593 bits per heavy atom. The Kier molecular flexibility index (Phi) is 39.0. The SMILES string of the molecule is CCCCCCCCCCCCCCCCCCCC(=O)OC[C@H](COP(=O)(O)OC[C@H](N)C(=O)O)OC(=O)CCC/C=C\C/C=C\C/C=C\C/C=C\CC[C@H](O)CC. The smallest absolute Gasteiger partial charge is 0.472 e. The number of unbranched alkanes of at least 4 members (excludes halogenated alkanes) is 17. The zero-order valence-corrected chi connectivity index (χ0v) is 37.6. The molecule has 0 aliphatic heterocycles. The van der Waals surface area contributed by atoms with Crippen molar-refractivity contribution in [2.24, 2.45) is 5.73 Å². The molecular formula is C46H82NO11P. The third kappa shape index (κ3) is 40.6. The quantitative estimate of drug-likeness (QED) is 0.0197. The number of carbonyl (C=O) groups is 3. The van der Waals surface area contributed by atoms with Crippen molar-refractivity contribution in [1.29, 1.82) is 0 Å². The molecular weight excluding hydrogens is 773 g/mol. The van der Waals surface area contributed by atoms with E-state index >= 15 is 0 Å². The van der Waals surface area contributed by atoms with E-state index in [1.165, 1.54) is 83.5 Å². The van der Waals surface area contributed by atoms with Gasteiger partial charge in [0, 0.05) is 12.8 Å². The number of nitrogens with two attached hydrogens (primary N) is 1. The second-order valence-electron chi connectivity index (χ2n) is 15.3. The summed E-state index contributed by atoms with van der Waals surface area (Å²) in [6, 6.07) is -1.54. The number of aliphatic hydroxyl groups is 1. The first-order valence-electron chi connectivity index (χ1n) is 22.7. The highest BCUT2D eigenvalue weighted by Crippen LogP contribution is 2.43. The fraction of sp³-hybridized carbons (Fsp3) is 0.761. The average Bonchev–Trinajstić information content (AvgIpc) is 3.21. The van der Waals surface area contributed by atoms with Crippen molar-refractivity contribution >= 4 is 25.7 Å². The topological polar surface area (TPSA) is 192 Å². The van der Waals surface area contributed by atoms with Gasteiger partial charge in [0.1, 0.15) is 12.6 Å². The van der Waals surface area contributed by atoms with Gasteiger partial charge in [-0.05, 0) is 57.8 Å². The molecule has 0 heterocycles. The number of aliphatic hydroxyl groups excluding tert-OH is 1. The molecule has 5 N–H and O–H groups in total. The summed E-state index contributed by atoms with van der Waals surface area (Å²) < 4.78 is 32.6. The normalized spacial score (nSPS) is 14.7. The highest BCUT2D eigenvalue weighted by atomic mass is 31.2. The molecule has 0 rings (SSSR count). The van der Waals surface area contributed by atoms with Gasteiger partial charge in [0.05, 0.1) is 19.3 Å². The van der Waals surface area contributed by atoms with Gasteiger partial charge in [-0.2, -0.15) is 0 Å². The molecule has 1 unspecified atom stereocenters. The summed E-state index contributed by atoms with van der Waals surface area (Å²) in [5.74, 6) is -2.47. The molecule has 0 spiro atoms. The predicted molar refractivity (Wildman–Crippen MR) is 237 cm³/mol. The number of phosphoric ester groups is 1. The lowest BCUT2D eigenvalue weighted by molar-refractivity contribution is -0.161. The van der Waals surface area contributed by atoms with E-state index in [1.54, 1.807) is 0 Å². The van der Waals surface area contributed by atoms with E-state index in [0.717, 1.165) is 57.8 Å². The molecule has 0 aromatic rings. The number of rotatable bonds is 42. The van der Waals surface area contributed by atoms with Crippen LogP contribution in [0.4, 0.5) is 0 Å². The Labute approximate surface area is 357 Å². The van der Waals surface area contributed by atoms with Gasteiger partial charge in [-0.1, -0.05) is 165 Å². The lowest BCUT2D eigenvalue weighted by atomic mass is 10.0. The molecule has 13 heteroatoms. The van der Waals surface area contributed by atoms with E-state index in [1.807, 2.05) is 19.1 Å². The number of aliphatic carboxylic acids is 1. The summed E-state index contributed by atoms with van der Waals surface area (Å²) in [4.78, 5) is 46.0. The minimum absolute atomic E-state index is 0.0725. The number of hydrogen-bond acceptors (Lipinski definition) is 10. The maximum Gasteiger partial charge on any atom is 0.472 e. The third-order valence-corrected chi connectivity index (χ3v) is 10.7. The van der Waals surface area contributed by atoms with E-state index in [2.05, 4.69) is 47.9 Å². The molecule has 0 saturated heterocycles. The van der Waals surface area contributed by atoms with E-state index in [9.17, 15) is 28.9 Å². The van der Waals surface area contributed by atoms with Crippen molar-refractivity contribution in [2.75, 3.05) is 19.8 Å². The molecule has 4 atom stereocenters. The van der Waals surface area contributed by atoms with Crippen LogP contribution >= 0.6 is 7.82 Å². The number of esters is 2. The number of carbonyl (C=O) groups excluding carboxylic acids is 2. The average molecular weight is 856 g/mol. The van der Waals surface area contributed by atoms with Gasteiger partial charge in [0.25, 0.3) is 0 Å². The number of ether oxygens (including phenoxy) is 2. The van der Waals surface area contributed by atoms with Gasteiger partial charge in [-0.15, -0.1) is 0 Å². The maximum absolute atomic E-state index is 12.6. The third-order valence-electron chi connectivity index (χ3n) is 9.74. The van der Waals surface area contributed by atoms with E-state index in [-0.39, 0.29) is 25.6 Å². The number of carboxylic acid groups (broad SMARTS) is 1. The highest BCUT2D eigenvalue weighted by molar-refractivity contribution is 7.47. The Balaban J connectivity index is 4.42. The highest BCUT2D eigenvalue weighted by Gasteiger charge is 2.28. The fourth-order valence-electron chi connectivity index (χ4n) is 5.98. The van der Waals surface area contributed by atoms with Crippen LogP contribution in [0.3, 0.4) is 0 Å². The number of hydrogen-bond donors (Lipinski definition) is 4. The summed E-state index contributed by atoms with van der Waals surface area (Å²) in [6.07, 6.45) is 42.7. The molecule has 59 heavy (non-hydrogen) atoms. The standard InChI is InChI=1S/C46H82NO11P/c1-3-5-6-7-8-9-10-11-12-13-14-18-21-24-27-30-33-36-44(49)55-38-42(39-56-59(53,54)57-40-43(47)46(51)52)58-45(50)37-34-31-28-25-22-19-16-15-17-20-23-26-29-32-35-41(48)4-2/h16-17,19-20,25-26,28-29,41-43,48H,3-15,18,21-24,27,30-40,47H2,1-2H3,(H,51,52)(H,53,54)/b19-16-,20-17-,28-25-,29-26-/t41-,42-,43+/m1/s1. The lowest BCUT2D eigenvalue weighted by Crippen LogP contribution is -2.34. The van der Waals surface area contributed by atoms with Crippen molar-refractivity contribution < 1.29 is 52.6 Å². The van der Waals surface area contributed by atoms with Crippen LogP contribution in [-0.2, 0) is 37.5 Å². The van der Waals surface area contributed by atoms with E-state index < -0.39 is 51.1 Å². The minimum atomic E-state index is -4.74. The van der Waals surface area contributed by atoms with E-state index in [4.69, 9.17) is 24.8 Å².